The Morgan fingerprint density at radius 3 is 2.60 bits per heavy atom. The molecule has 0 amide bonds. The summed E-state index contributed by atoms with van der Waals surface area (Å²) < 4.78 is 1.58. The van der Waals surface area contributed by atoms with E-state index in [0.29, 0.717) is 5.69 Å². The van der Waals surface area contributed by atoms with Crippen LogP contribution in [0.1, 0.15) is 30.4 Å². The summed E-state index contributed by atoms with van der Waals surface area (Å²) in [5, 5.41) is 17.4. The van der Waals surface area contributed by atoms with Crippen LogP contribution < -0.4 is 0 Å². The number of aromatic nitrogens is 1. The van der Waals surface area contributed by atoms with Gasteiger partial charge in [0.1, 0.15) is 12.0 Å². The SMILES string of the molecule is CC(C#N)C(=O)c1cccn1C(C)C#N. The number of nitrogens with zero attached hydrogens (tertiary/aromatic N) is 3. The predicted octanol–water partition coefficient (Wildman–Crippen LogP) is 1.92. The van der Waals surface area contributed by atoms with E-state index in [2.05, 4.69) is 0 Å². The van der Waals surface area contributed by atoms with Crippen LogP contribution in [0.3, 0.4) is 0 Å². The normalized spacial score (nSPS) is 13.6. The van der Waals surface area contributed by atoms with Crippen LogP contribution in [-0.4, -0.2) is 10.4 Å². The van der Waals surface area contributed by atoms with Crippen molar-refractivity contribution >= 4 is 5.78 Å². The average molecular weight is 201 g/mol. The molecule has 0 fully saturated rings. The van der Waals surface area contributed by atoms with Crippen molar-refractivity contribution in [2.24, 2.45) is 5.92 Å². The molecular formula is C11H11N3O. The molecule has 4 heteroatoms. The zero-order valence-corrected chi connectivity index (χ0v) is 8.64. The number of nitriles is 2. The lowest BCUT2D eigenvalue weighted by Crippen LogP contribution is -2.16. The van der Waals surface area contributed by atoms with E-state index < -0.39 is 12.0 Å². The van der Waals surface area contributed by atoms with Crippen molar-refractivity contribution < 1.29 is 4.79 Å². The van der Waals surface area contributed by atoms with Crippen LogP contribution in [0.15, 0.2) is 18.3 Å². The molecule has 0 saturated carbocycles. The van der Waals surface area contributed by atoms with Crippen molar-refractivity contribution in [1.82, 2.24) is 4.57 Å². The van der Waals surface area contributed by atoms with E-state index in [4.69, 9.17) is 10.5 Å². The molecule has 0 bridgehead atoms. The minimum absolute atomic E-state index is 0.246. The lowest BCUT2D eigenvalue weighted by atomic mass is 10.1. The van der Waals surface area contributed by atoms with Crippen LogP contribution in [0.2, 0.25) is 0 Å². The van der Waals surface area contributed by atoms with Gasteiger partial charge < -0.3 is 4.57 Å². The quantitative estimate of drug-likeness (QED) is 0.701. The number of hydrogen-bond acceptors (Lipinski definition) is 3. The number of carbonyl (C=O) groups excluding carboxylic acids is 1. The molecule has 0 aliphatic heterocycles. The Hall–Kier alpha value is -2.07. The third-order valence-corrected chi connectivity index (χ3v) is 2.22. The standard InChI is InChI=1S/C11H11N3O/c1-8(6-12)11(15)10-4-3-5-14(10)9(2)7-13/h3-5,8-9H,1-2H3. The molecule has 1 aromatic rings. The molecule has 1 aromatic heterocycles. The maximum absolute atomic E-state index is 11.7. The summed E-state index contributed by atoms with van der Waals surface area (Å²) in [6.45, 7) is 3.25. The van der Waals surface area contributed by atoms with Gasteiger partial charge in [-0.15, -0.1) is 0 Å². The number of carbonyl (C=O) groups is 1. The van der Waals surface area contributed by atoms with Gasteiger partial charge in [0.2, 0.25) is 0 Å². The largest absolute Gasteiger partial charge is 0.329 e. The van der Waals surface area contributed by atoms with Gasteiger partial charge in [0, 0.05) is 6.20 Å². The van der Waals surface area contributed by atoms with Gasteiger partial charge in [-0.1, -0.05) is 0 Å². The van der Waals surface area contributed by atoms with Crippen LogP contribution in [0.5, 0.6) is 0 Å². The second-order valence-electron chi connectivity index (χ2n) is 3.32. The average Bonchev–Trinajstić information content (AvgIpc) is 2.74. The van der Waals surface area contributed by atoms with Crippen LogP contribution in [0.25, 0.3) is 0 Å². The molecular weight excluding hydrogens is 190 g/mol. The maximum Gasteiger partial charge on any atom is 0.196 e. The van der Waals surface area contributed by atoms with Gasteiger partial charge in [-0.2, -0.15) is 10.5 Å². The van der Waals surface area contributed by atoms with Gasteiger partial charge in [-0.05, 0) is 26.0 Å². The highest BCUT2D eigenvalue weighted by atomic mass is 16.1. The molecule has 0 radical (unpaired) electrons. The van der Waals surface area contributed by atoms with E-state index in [9.17, 15) is 4.79 Å². The highest BCUT2D eigenvalue weighted by molar-refractivity contribution is 5.97. The highest BCUT2D eigenvalue weighted by Crippen LogP contribution is 2.14. The van der Waals surface area contributed by atoms with Crippen LogP contribution >= 0.6 is 0 Å². The third-order valence-electron chi connectivity index (χ3n) is 2.22. The van der Waals surface area contributed by atoms with Gasteiger partial charge in [-0.3, -0.25) is 4.79 Å². The Balaban J connectivity index is 3.08. The fourth-order valence-electron chi connectivity index (χ4n) is 1.28. The first-order chi connectivity index (χ1) is 7.11. The Kier molecular flexibility index (Phi) is 3.25. The molecule has 0 spiro atoms. The molecule has 1 rings (SSSR count). The lowest BCUT2D eigenvalue weighted by Gasteiger charge is -2.10. The summed E-state index contributed by atoms with van der Waals surface area (Å²) in [4.78, 5) is 11.7. The van der Waals surface area contributed by atoms with Crippen LogP contribution in [0, 0.1) is 28.6 Å². The van der Waals surface area contributed by atoms with Crippen molar-refractivity contribution in [3.63, 3.8) is 0 Å². The van der Waals surface area contributed by atoms with Gasteiger partial charge in [-0.25, -0.2) is 0 Å². The Morgan fingerprint density at radius 1 is 1.40 bits per heavy atom. The molecule has 0 N–H and O–H groups in total. The van der Waals surface area contributed by atoms with Gasteiger partial charge >= 0.3 is 0 Å². The Labute approximate surface area is 88.4 Å². The summed E-state index contributed by atoms with van der Waals surface area (Å²) in [7, 11) is 0. The first kappa shape index (κ1) is 11.0. The number of ketones is 1. The molecule has 15 heavy (non-hydrogen) atoms. The van der Waals surface area contributed by atoms with Crippen molar-refractivity contribution in [1.29, 1.82) is 10.5 Å². The first-order valence-electron chi connectivity index (χ1n) is 4.62. The van der Waals surface area contributed by atoms with E-state index in [1.807, 2.05) is 12.1 Å². The molecule has 76 valence electrons. The highest BCUT2D eigenvalue weighted by Gasteiger charge is 2.19. The second-order valence-corrected chi connectivity index (χ2v) is 3.32. The third kappa shape index (κ3) is 2.05. The molecule has 2 unspecified atom stereocenters. The Bertz CT molecular complexity index is 447. The molecule has 0 aromatic carbocycles. The van der Waals surface area contributed by atoms with Crippen molar-refractivity contribution in [3.05, 3.63) is 24.0 Å². The number of rotatable bonds is 3. The van der Waals surface area contributed by atoms with E-state index in [1.54, 1.807) is 36.7 Å². The predicted molar refractivity (Wildman–Crippen MR) is 53.9 cm³/mol. The molecule has 0 saturated heterocycles. The van der Waals surface area contributed by atoms with Gasteiger partial charge in [0.05, 0.1) is 17.8 Å². The maximum atomic E-state index is 11.7. The van der Waals surface area contributed by atoms with Gasteiger partial charge in [0.15, 0.2) is 5.78 Å². The lowest BCUT2D eigenvalue weighted by molar-refractivity contribution is 0.0946. The molecule has 1 heterocycles. The van der Waals surface area contributed by atoms with Crippen molar-refractivity contribution in [2.75, 3.05) is 0 Å². The van der Waals surface area contributed by atoms with E-state index in [0.717, 1.165) is 0 Å². The second kappa shape index (κ2) is 4.43. The number of hydrogen-bond donors (Lipinski definition) is 0. The van der Waals surface area contributed by atoms with E-state index >= 15 is 0 Å². The van der Waals surface area contributed by atoms with Crippen molar-refractivity contribution in [2.45, 2.75) is 19.9 Å². The summed E-state index contributed by atoms with van der Waals surface area (Å²) in [6, 6.07) is 6.87. The summed E-state index contributed by atoms with van der Waals surface area (Å²) in [5.74, 6) is -0.922. The zero-order valence-electron chi connectivity index (χ0n) is 8.64. The smallest absolute Gasteiger partial charge is 0.196 e. The molecule has 0 aliphatic carbocycles. The minimum Gasteiger partial charge on any atom is -0.329 e. The molecule has 2 atom stereocenters. The minimum atomic E-state index is -0.676. The monoisotopic (exact) mass is 201 g/mol. The van der Waals surface area contributed by atoms with Crippen LogP contribution in [-0.2, 0) is 0 Å². The molecule has 0 aliphatic rings. The zero-order chi connectivity index (χ0) is 11.4. The van der Waals surface area contributed by atoms with E-state index in [1.165, 1.54) is 0 Å². The summed E-state index contributed by atoms with van der Waals surface area (Å²) in [6.07, 6.45) is 1.67. The topological polar surface area (TPSA) is 69.6 Å². The Morgan fingerprint density at radius 2 is 2.07 bits per heavy atom. The fourth-order valence-corrected chi connectivity index (χ4v) is 1.28. The number of Topliss-reactive ketones (excluding diaryl/α,β-unsaturated/α-hetero) is 1. The van der Waals surface area contributed by atoms with E-state index in [-0.39, 0.29) is 5.78 Å². The van der Waals surface area contributed by atoms with Crippen LogP contribution in [0.4, 0.5) is 0 Å². The van der Waals surface area contributed by atoms with Gasteiger partial charge in [0.25, 0.3) is 0 Å². The first-order valence-corrected chi connectivity index (χ1v) is 4.62. The summed E-state index contributed by atoms with van der Waals surface area (Å²) in [5.41, 5.74) is 0.415. The molecule has 4 nitrogen and oxygen atoms in total. The fraction of sp³-hybridized carbons (Fsp3) is 0.364. The van der Waals surface area contributed by atoms with Crippen molar-refractivity contribution in [3.8, 4) is 12.1 Å². The summed E-state index contributed by atoms with van der Waals surface area (Å²) >= 11 is 0.